The smallest absolute Gasteiger partial charge is 0.416 e. The number of hydrogen-bond acceptors (Lipinski definition) is 8. The number of aromatic nitrogens is 2. The number of carbonyl (C=O) groups is 1. The van der Waals surface area contributed by atoms with Gasteiger partial charge >= 0.3 is 18.4 Å². The number of hydrogen-bond donors (Lipinski definition) is 1. The highest BCUT2D eigenvalue weighted by Crippen LogP contribution is 2.43. The van der Waals surface area contributed by atoms with Gasteiger partial charge in [-0.15, -0.1) is 0 Å². The van der Waals surface area contributed by atoms with Gasteiger partial charge in [-0.2, -0.15) is 31.3 Å². The lowest BCUT2D eigenvalue weighted by atomic mass is 9.74. The normalized spacial score (nSPS) is 14.9. The molecule has 0 aliphatic heterocycles. The number of rotatable bonds is 13. The molecular formula is C32H38ClF6N5O4. The summed E-state index contributed by atoms with van der Waals surface area (Å²) in [6, 6.07) is 6.53. The molecule has 0 aliphatic carbocycles. The molecule has 2 aromatic carbocycles. The van der Waals surface area contributed by atoms with Crippen molar-refractivity contribution >= 4 is 23.2 Å². The van der Waals surface area contributed by atoms with Crippen LogP contribution in [0.3, 0.4) is 0 Å². The molecule has 16 heteroatoms. The molecule has 0 spiro atoms. The van der Waals surface area contributed by atoms with Crippen LogP contribution in [0.15, 0.2) is 48.7 Å². The standard InChI is InChI=1S/C32H38ClF6N5O4/c1-19(43(5)6)25(45)17-30(2,20-14-21(31(34,35)36)16-22(15-20)32(37,38)39)28(46)44(7)24-18-40-29(47-13-12-42(3)4)41-27(24)48-26-11-9-8-10-23(26)33/h8-11,14-16,18-19,25,45H,12-13,17H2,1-7H3. The van der Waals surface area contributed by atoms with Gasteiger partial charge < -0.3 is 29.3 Å². The first-order valence-corrected chi connectivity index (χ1v) is 15.0. The van der Waals surface area contributed by atoms with E-state index in [1.165, 1.54) is 32.3 Å². The number of likely N-dealkylation sites (N-methyl/N-ethyl adjacent to an activating group) is 3. The van der Waals surface area contributed by atoms with Crippen molar-refractivity contribution in [1.29, 1.82) is 0 Å². The summed E-state index contributed by atoms with van der Waals surface area (Å²) in [4.78, 5) is 27.3. The predicted molar refractivity (Wildman–Crippen MR) is 169 cm³/mol. The number of benzene rings is 2. The largest absolute Gasteiger partial charge is 0.462 e. The summed E-state index contributed by atoms with van der Waals surface area (Å²) in [5, 5.41) is 11.3. The van der Waals surface area contributed by atoms with E-state index < -0.39 is 58.9 Å². The number of ether oxygens (including phenoxy) is 2. The number of anilines is 1. The Morgan fingerprint density at radius 3 is 2.04 bits per heavy atom. The van der Waals surface area contributed by atoms with Gasteiger partial charge in [-0.05, 0) is 84.4 Å². The fraction of sp³-hybridized carbons (Fsp3) is 0.469. The second-order valence-electron chi connectivity index (χ2n) is 12.0. The Balaban J connectivity index is 2.22. The molecule has 3 unspecified atom stereocenters. The van der Waals surface area contributed by atoms with Crippen molar-refractivity contribution in [2.75, 3.05) is 53.3 Å². The average Bonchev–Trinajstić information content (AvgIpc) is 2.99. The van der Waals surface area contributed by atoms with E-state index in [1.54, 1.807) is 38.1 Å². The van der Waals surface area contributed by atoms with E-state index in [2.05, 4.69) is 9.97 Å². The van der Waals surface area contributed by atoms with Gasteiger partial charge in [0.15, 0.2) is 0 Å². The third-order valence-corrected chi connectivity index (χ3v) is 8.19. The van der Waals surface area contributed by atoms with Gasteiger partial charge in [0, 0.05) is 19.6 Å². The summed E-state index contributed by atoms with van der Waals surface area (Å²) in [6.45, 7) is 3.48. The van der Waals surface area contributed by atoms with Crippen LogP contribution in [-0.4, -0.2) is 91.3 Å². The Bertz CT molecular complexity index is 1540. The minimum atomic E-state index is -5.17. The molecule has 3 aromatic rings. The summed E-state index contributed by atoms with van der Waals surface area (Å²) < 4.78 is 95.2. The SMILES string of the molecule is CC(C(O)CC(C)(C(=O)N(C)c1cnc(OCCN(C)C)nc1Oc1ccccc1Cl)c1cc(C(F)(F)F)cc(C(F)(F)F)c1)N(C)C. The van der Waals surface area contributed by atoms with Crippen LogP contribution in [0.1, 0.15) is 37.0 Å². The number of halogens is 7. The lowest BCUT2D eigenvalue weighted by Gasteiger charge is -2.37. The van der Waals surface area contributed by atoms with Crippen molar-refractivity contribution in [2.24, 2.45) is 0 Å². The molecule has 0 radical (unpaired) electrons. The van der Waals surface area contributed by atoms with E-state index >= 15 is 0 Å². The van der Waals surface area contributed by atoms with E-state index in [1.807, 2.05) is 19.0 Å². The first-order valence-electron chi connectivity index (χ1n) is 14.6. The zero-order valence-corrected chi connectivity index (χ0v) is 28.2. The van der Waals surface area contributed by atoms with Gasteiger partial charge in [0.05, 0.1) is 33.9 Å². The molecule has 1 heterocycles. The van der Waals surface area contributed by atoms with Gasteiger partial charge in [-0.25, -0.2) is 4.98 Å². The van der Waals surface area contributed by atoms with Crippen molar-refractivity contribution in [3.63, 3.8) is 0 Å². The molecule has 9 nitrogen and oxygen atoms in total. The number of para-hydroxylation sites is 1. The summed E-state index contributed by atoms with van der Waals surface area (Å²) in [5.41, 5.74) is -6.07. The highest BCUT2D eigenvalue weighted by Gasteiger charge is 2.45. The molecule has 3 rings (SSSR count). The fourth-order valence-electron chi connectivity index (χ4n) is 4.69. The Morgan fingerprint density at radius 2 is 1.52 bits per heavy atom. The Labute approximate surface area is 280 Å². The molecule has 0 saturated carbocycles. The molecule has 264 valence electrons. The predicted octanol–water partition coefficient (Wildman–Crippen LogP) is 6.52. The number of nitrogens with zero attached hydrogens (tertiary/aromatic N) is 5. The van der Waals surface area contributed by atoms with E-state index in [0.29, 0.717) is 18.7 Å². The molecular weight excluding hydrogens is 668 g/mol. The van der Waals surface area contributed by atoms with Gasteiger partial charge in [0.2, 0.25) is 11.8 Å². The highest BCUT2D eigenvalue weighted by atomic mass is 35.5. The lowest BCUT2D eigenvalue weighted by molar-refractivity contribution is -0.143. The van der Waals surface area contributed by atoms with Crippen molar-refractivity contribution in [3.8, 4) is 17.6 Å². The van der Waals surface area contributed by atoms with Gasteiger partial charge in [0.1, 0.15) is 18.0 Å². The molecule has 1 amide bonds. The molecule has 0 fully saturated rings. The number of alkyl halides is 6. The summed E-state index contributed by atoms with van der Waals surface area (Å²) in [6.07, 6.45) is -11.1. The molecule has 0 aliphatic rings. The Morgan fingerprint density at radius 1 is 0.958 bits per heavy atom. The maximum atomic E-state index is 14.5. The molecule has 0 bridgehead atoms. The lowest BCUT2D eigenvalue weighted by Crippen LogP contribution is -2.49. The first-order chi connectivity index (χ1) is 22.1. The van der Waals surface area contributed by atoms with Crippen molar-refractivity contribution < 1.29 is 45.7 Å². The third kappa shape index (κ3) is 9.49. The van der Waals surface area contributed by atoms with E-state index in [9.17, 15) is 36.2 Å². The average molecular weight is 706 g/mol. The van der Waals surface area contributed by atoms with E-state index in [-0.39, 0.29) is 41.0 Å². The third-order valence-electron chi connectivity index (χ3n) is 7.88. The molecule has 48 heavy (non-hydrogen) atoms. The van der Waals surface area contributed by atoms with Crippen LogP contribution in [0.5, 0.6) is 17.6 Å². The molecule has 0 saturated heterocycles. The van der Waals surface area contributed by atoms with Crippen LogP contribution >= 0.6 is 11.6 Å². The van der Waals surface area contributed by atoms with Crippen LogP contribution in [0, 0.1) is 0 Å². The maximum Gasteiger partial charge on any atom is 0.416 e. The minimum Gasteiger partial charge on any atom is -0.462 e. The number of aliphatic hydroxyl groups excluding tert-OH is 1. The number of aliphatic hydroxyl groups is 1. The van der Waals surface area contributed by atoms with Crippen LogP contribution in [0.4, 0.5) is 32.0 Å². The second kappa shape index (κ2) is 15.3. The second-order valence-corrected chi connectivity index (χ2v) is 12.4. The molecule has 1 aromatic heterocycles. The monoisotopic (exact) mass is 705 g/mol. The zero-order chi connectivity index (χ0) is 36.2. The fourth-order valence-corrected chi connectivity index (χ4v) is 4.86. The topological polar surface area (TPSA) is 91.3 Å². The summed E-state index contributed by atoms with van der Waals surface area (Å²) in [5.74, 6) is -1.09. The van der Waals surface area contributed by atoms with Gasteiger partial charge in [0.25, 0.3) is 0 Å². The molecule has 3 atom stereocenters. The summed E-state index contributed by atoms with van der Waals surface area (Å²) in [7, 11) is 8.15. The maximum absolute atomic E-state index is 14.5. The Hall–Kier alpha value is -3.66. The molecule has 1 N–H and O–H groups in total. The van der Waals surface area contributed by atoms with Crippen LogP contribution < -0.4 is 14.4 Å². The van der Waals surface area contributed by atoms with Crippen molar-refractivity contribution in [3.05, 3.63) is 70.4 Å². The van der Waals surface area contributed by atoms with Gasteiger partial charge in [-0.3, -0.25) is 4.79 Å². The van der Waals surface area contributed by atoms with E-state index in [0.717, 1.165) is 4.90 Å². The number of carbonyl (C=O) groups excluding carboxylic acids is 1. The minimum absolute atomic E-state index is 0.0185. The van der Waals surface area contributed by atoms with Crippen LogP contribution in [0.25, 0.3) is 0 Å². The Kier molecular flexibility index (Phi) is 12.3. The van der Waals surface area contributed by atoms with Crippen LogP contribution in [0.2, 0.25) is 5.02 Å². The van der Waals surface area contributed by atoms with Crippen molar-refractivity contribution in [2.45, 2.75) is 50.2 Å². The first kappa shape index (κ1) is 38.8. The van der Waals surface area contributed by atoms with Crippen molar-refractivity contribution in [1.82, 2.24) is 19.8 Å². The highest BCUT2D eigenvalue weighted by molar-refractivity contribution is 6.32. The summed E-state index contributed by atoms with van der Waals surface area (Å²) >= 11 is 6.29. The van der Waals surface area contributed by atoms with Gasteiger partial charge in [-0.1, -0.05) is 23.7 Å². The van der Waals surface area contributed by atoms with Crippen LogP contribution in [-0.2, 0) is 22.6 Å². The quantitative estimate of drug-likeness (QED) is 0.201. The van der Waals surface area contributed by atoms with E-state index in [4.69, 9.17) is 21.1 Å². The number of amides is 1. The zero-order valence-electron chi connectivity index (χ0n) is 27.4.